The van der Waals surface area contributed by atoms with Gasteiger partial charge in [-0.15, -0.1) is 0 Å². The Labute approximate surface area is 111 Å². The van der Waals surface area contributed by atoms with E-state index in [0.29, 0.717) is 5.75 Å². The van der Waals surface area contributed by atoms with Gasteiger partial charge in [-0.1, -0.05) is 13.0 Å². The van der Waals surface area contributed by atoms with Crippen molar-refractivity contribution in [2.75, 3.05) is 17.3 Å². The molecule has 0 spiro atoms. The zero-order chi connectivity index (χ0) is 13.6. The number of benzene rings is 1. The van der Waals surface area contributed by atoms with Gasteiger partial charge in [-0.2, -0.15) is 11.8 Å². The fraction of sp³-hybridized carbons (Fsp3) is 0.417. The van der Waals surface area contributed by atoms with Crippen LogP contribution in [0.5, 0.6) is 0 Å². The van der Waals surface area contributed by atoms with E-state index in [9.17, 15) is 13.2 Å². The Morgan fingerprint density at radius 2 is 2.06 bits per heavy atom. The van der Waals surface area contributed by atoms with Gasteiger partial charge in [-0.05, 0) is 30.4 Å². The molecule has 1 N–H and O–H groups in total. The summed E-state index contributed by atoms with van der Waals surface area (Å²) in [5.41, 5.74) is -0.00251. The Bertz CT molecular complexity index is 509. The number of sulfone groups is 1. The van der Waals surface area contributed by atoms with Crippen LogP contribution in [0.1, 0.15) is 23.7 Å². The fourth-order valence-corrected chi connectivity index (χ4v) is 4.03. The van der Waals surface area contributed by atoms with E-state index in [1.807, 2.05) is 6.92 Å². The topological polar surface area (TPSA) is 71.4 Å². The lowest BCUT2D eigenvalue weighted by Gasteiger charge is -2.05. The predicted molar refractivity (Wildman–Crippen MR) is 73.1 cm³/mol. The van der Waals surface area contributed by atoms with Crippen molar-refractivity contribution >= 4 is 27.6 Å². The zero-order valence-electron chi connectivity index (χ0n) is 10.1. The van der Waals surface area contributed by atoms with Gasteiger partial charge in [0.25, 0.3) is 0 Å². The van der Waals surface area contributed by atoms with Gasteiger partial charge in [-0.3, -0.25) is 0 Å². The van der Waals surface area contributed by atoms with Gasteiger partial charge in [0.15, 0.2) is 9.84 Å². The fourth-order valence-electron chi connectivity index (χ4n) is 1.36. The number of aromatic carboxylic acids is 1. The average Bonchev–Trinajstić information content (AvgIpc) is 2.35. The monoisotopic (exact) mass is 288 g/mol. The van der Waals surface area contributed by atoms with Crippen LogP contribution in [0.4, 0.5) is 0 Å². The van der Waals surface area contributed by atoms with Crippen LogP contribution in [-0.2, 0) is 9.84 Å². The summed E-state index contributed by atoms with van der Waals surface area (Å²) < 4.78 is 23.9. The summed E-state index contributed by atoms with van der Waals surface area (Å²) in [6, 6.07) is 5.48. The van der Waals surface area contributed by atoms with Gasteiger partial charge in [0.2, 0.25) is 0 Å². The van der Waals surface area contributed by atoms with E-state index in [4.69, 9.17) is 5.11 Å². The van der Waals surface area contributed by atoms with E-state index in [0.717, 1.165) is 12.2 Å². The van der Waals surface area contributed by atoms with Crippen molar-refractivity contribution in [1.29, 1.82) is 0 Å². The van der Waals surface area contributed by atoms with Crippen LogP contribution < -0.4 is 0 Å². The van der Waals surface area contributed by atoms with Crippen molar-refractivity contribution in [2.45, 2.75) is 18.2 Å². The van der Waals surface area contributed by atoms with E-state index >= 15 is 0 Å². The summed E-state index contributed by atoms with van der Waals surface area (Å²) in [5, 5.41) is 8.82. The van der Waals surface area contributed by atoms with Gasteiger partial charge in [0.1, 0.15) is 0 Å². The molecule has 0 unspecified atom stereocenters. The summed E-state index contributed by atoms with van der Waals surface area (Å²) in [6.07, 6.45) is 1.01. The molecular weight excluding hydrogens is 272 g/mol. The molecule has 0 saturated carbocycles. The lowest BCUT2D eigenvalue weighted by molar-refractivity contribution is 0.0696. The number of hydrogen-bond donors (Lipinski definition) is 1. The second-order valence-electron chi connectivity index (χ2n) is 3.76. The number of rotatable bonds is 7. The van der Waals surface area contributed by atoms with Crippen molar-refractivity contribution in [2.24, 2.45) is 0 Å². The Morgan fingerprint density at radius 3 is 2.67 bits per heavy atom. The number of hydrogen-bond acceptors (Lipinski definition) is 4. The third-order valence-corrected chi connectivity index (χ3v) is 5.45. The van der Waals surface area contributed by atoms with Crippen molar-refractivity contribution in [3.63, 3.8) is 0 Å². The minimum absolute atomic E-state index is 0.00251. The molecule has 0 radical (unpaired) electrons. The lowest BCUT2D eigenvalue weighted by Crippen LogP contribution is -2.10. The van der Waals surface area contributed by atoms with Crippen molar-refractivity contribution in [1.82, 2.24) is 0 Å². The smallest absolute Gasteiger partial charge is 0.335 e. The first-order valence-electron chi connectivity index (χ1n) is 5.61. The molecule has 0 saturated heterocycles. The van der Waals surface area contributed by atoms with E-state index in [1.165, 1.54) is 24.3 Å². The number of carboxylic acid groups (broad SMARTS) is 1. The van der Waals surface area contributed by atoms with Gasteiger partial charge < -0.3 is 5.11 Å². The molecule has 18 heavy (non-hydrogen) atoms. The Kier molecular flexibility index (Phi) is 5.68. The summed E-state index contributed by atoms with van der Waals surface area (Å²) in [5.74, 6) is 0.395. The van der Waals surface area contributed by atoms with Gasteiger partial charge in [0, 0.05) is 5.75 Å². The molecule has 0 aliphatic carbocycles. The normalized spacial score (nSPS) is 11.4. The molecule has 0 heterocycles. The van der Waals surface area contributed by atoms with Crippen LogP contribution in [0.2, 0.25) is 0 Å². The molecule has 0 aliphatic heterocycles. The van der Waals surface area contributed by atoms with E-state index < -0.39 is 15.8 Å². The van der Waals surface area contributed by atoms with Crippen molar-refractivity contribution < 1.29 is 18.3 Å². The van der Waals surface area contributed by atoms with E-state index in [-0.39, 0.29) is 16.2 Å². The highest BCUT2D eigenvalue weighted by molar-refractivity contribution is 8.00. The van der Waals surface area contributed by atoms with Crippen molar-refractivity contribution in [3.8, 4) is 0 Å². The number of carbonyl (C=O) groups is 1. The summed E-state index contributed by atoms with van der Waals surface area (Å²) in [6.45, 7) is 2.04. The molecule has 1 aromatic rings. The maximum absolute atomic E-state index is 12.0. The largest absolute Gasteiger partial charge is 0.478 e. The van der Waals surface area contributed by atoms with Crippen LogP contribution in [0, 0.1) is 0 Å². The Balaban J connectivity index is 2.78. The maximum Gasteiger partial charge on any atom is 0.335 e. The number of thioether (sulfide) groups is 1. The molecule has 0 atom stereocenters. The standard InChI is InChI=1S/C12H16O4S2/c1-2-6-17-7-8-18(15,16)11-5-3-4-10(9-11)12(13)14/h3-5,9H,2,6-8H2,1H3,(H,13,14). The molecule has 0 aromatic heterocycles. The number of carboxylic acids is 1. The Morgan fingerprint density at radius 1 is 1.33 bits per heavy atom. The van der Waals surface area contributed by atoms with Crippen LogP contribution in [-0.4, -0.2) is 36.8 Å². The zero-order valence-corrected chi connectivity index (χ0v) is 11.8. The minimum Gasteiger partial charge on any atom is -0.478 e. The molecule has 6 heteroatoms. The van der Waals surface area contributed by atoms with Crippen molar-refractivity contribution in [3.05, 3.63) is 29.8 Å². The SMILES string of the molecule is CCCSCCS(=O)(=O)c1cccc(C(=O)O)c1. The molecule has 1 rings (SSSR count). The van der Waals surface area contributed by atoms with E-state index in [2.05, 4.69) is 0 Å². The lowest BCUT2D eigenvalue weighted by atomic mass is 10.2. The summed E-state index contributed by atoms with van der Waals surface area (Å²) >= 11 is 1.59. The highest BCUT2D eigenvalue weighted by Crippen LogP contribution is 2.15. The van der Waals surface area contributed by atoms with Crippen LogP contribution in [0.3, 0.4) is 0 Å². The van der Waals surface area contributed by atoms with Crippen LogP contribution in [0.25, 0.3) is 0 Å². The first kappa shape index (κ1) is 15.0. The molecule has 100 valence electrons. The first-order valence-corrected chi connectivity index (χ1v) is 8.42. The molecule has 1 aromatic carbocycles. The van der Waals surface area contributed by atoms with Crippen LogP contribution in [0.15, 0.2) is 29.2 Å². The highest BCUT2D eigenvalue weighted by Gasteiger charge is 2.15. The first-order chi connectivity index (χ1) is 8.47. The maximum atomic E-state index is 12.0. The molecule has 0 fully saturated rings. The molecular formula is C12H16O4S2. The molecule has 4 nitrogen and oxygen atoms in total. The second kappa shape index (κ2) is 6.80. The van der Waals surface area contributed by atoms with Gasteiger partial charge in [0.05, 0.1) is 16.2 Å². The van der Waals surface area contributed by atoms with E-state index in [1.54, 1.807) is 11.8 Å². The third-order valence-electron chi connectivity index (χ3n) is 2.28. The quantitative estimate of drug-likeness (QED) is 0.779. The van der Waals surface area contributed by atoms with Crippen LogP contribution >= 0.6 is 11.8 Å². The average molecular weight is 288 g/mol. The predicted octanol–water partition coefficient (Wildman–Crippen LogP) is 2.30. The second-order valence-corrected chi connectivity index (χ2v) is 7.10. The molecule has 0 bridgehead atoms. The minimum atomic E-state index is -3.38. The summed E-state index contributed by atoms with van der Waals surface area (Å²) in [7, 11) is -3.38. The Hall–Kier alpha value is -1.01. The molecule has 0 amide bonds. The highest BCUT2D eigenvalue weighted by atomic mass is 32.2. The van der Waals surface area contributed by atoms with Gasteiger partial charge >= 0.3 is 5.97 Å². The summed E-state index contributed by atoms with van der Waals surface area (Å²) in [4.78, 5) is 10.9. The third kappa shape index (κ3) is 4.34. The van der Waals surface area contributed by atoms with Gasteiger partial charge in [-0.25, -0.2) is 13.2 Å². The molecule has 0 aliphatic rings.